The van der Waals surface area contributed by atoms with Gasteiger partial charge in [0.05, 0.1) is 5.69 Å². The third-order valence-corrected chi connectivity index (χ3v) is 4.21. The zero-order chi connectivity index (χ0) is 16.1. The highest BCUT2D eigenvalue weighted by molar-refractivity contribution is 5.94. The van der Waals surface area contributed by atoms with Gasteiger partial charge in [-0.2, -0.15) is 0 Å². The molecule has 1 aromatic heterocycles. The Kier molecular flexibility index (Phi) is 6.73. The van der Waals surface area contributed by atoms with Gasteiger partial charge in [-0.3, -0.25) is 14.7 Å². The molecule has 0 spiro atoms. The Morgan fingerprint density at radius 1 is 1.04 bits per heavy atom. The summed E-state index contributed by atoms with van der Waals surface area (Å²) in [6.07, 6.45) is 1.82. The average molecular weight is 347 g/mol. The molecule has 128 valence electrons. The van der Waals surface area contributed by atoms with Gasteiger partial charge in [-0.1, -0.05) is 18.2 Å². The molecule has 3 rings (SSSR count). The standard InChI is InChI=1S/C18H22N4O.ClH/c19-13-15-4-6-16(7-5-15)18(23)22-11-9-21(10-12-22)14-17-3-1-2-8-20-17;/h1-8H,9-14,19H2;1H. The second-order valence-electron chi connectivity index (χ2n) is 5.79. The number of piperazine rings is 1. The highest BCUT2D eigenvalue weighted by Crippen LogP contribution is 2.12. The number of benzene rings is 1. The van der Waals surface area contributed by atoms with Crippen LogP contribution in [0.1, 0.15) is 21.6 Å². The number of hydrogen-bond donors (Lipinski definition) is 1. The first-order valence-electron chi connectivity index (χ1n) is 7.97. The Hall–Kier alpha value is -1.95. The lowest BCUT2D eigenvalue weighted by atomic mass is 10.1. The molecule has 1 fully saturated rings. The molecule has 0 saturated carbocycles. The van der Waals surface area contributed by atoms with Crippen molar-refractivity contribution >= 4 is 18.3 Å². The number of pyridine rings is 1. The molecule has 1 aromatic carbocycles. The van der Waals surface area contributed by atoms with Crippen molar-refractivity contribution in [2.75, 3.05) is 26.2 Å². The Morgan fingerprint density at radius 2 is 1.75 bits per heavy atom. The van der Waals surface area contributed by atoms with Gasteiger partial charge in [0.15, 0.2) is 0 Å². The van der Waals surface area contributed by atoms with Crippen LogP contribution in [0.2, 0.25) is 0 Å². The Labute approximate surface area is 148 Å². The minimum atomic E-state index is 0. The Morgan fingerprint density at radius 3 is 2.33 bits per heavy atom. The van der Waals surface area contributed by atoms with Gasteiger partial charge in [0, 0.05) is 51.0 Å². The summed E-state index contributed by atoms with van der Waals surface area (Å²) in [5.41, 5.74) is 8.44. The minimum Gasteiger partial charge on any atom is -0.336 e. The number of halogens is 1. The molecule has 1 aliphatic heterocycles. The van der Waals surface area contributed by atoms with Crippen molar-refractivity contribution in [3.8, 4) is 0 Å². The summed E-state index contributed by atoms with van der Waals surface area (Å²) in [6, 6.07) is 13.5. The summed E-state index contributed by atoms with van der Waals surface area (Å²) in [5.74, 6) is 0.103. The Balaban J connectivity index is 0.00000208. The van der Waals surface area contributed by atoms with Crippen LogP contribution in [0.25, 0.3) is 0 Å². The highest BCUT2D eigenvalue weighted by Gasteiger charge is 2.22. The molecular weight excluding hydrogens is 324 g/mol. The fourth-order valence-electron chi connectivity index (χ4n) is 2.80. The molecular formula is C18H23ClN4O. The van der Waals surface area contributed by atoms with E-state index in [-0.39, 0.29) is 18.3 Å². The smallest absolute Gasteiger partial charge is 0.253 e. The van der Waals surface area contributed by atoms with Crippen molar-refractivity contribution in [3.05, 3.63) is 65.5 Å². The lowest BCUT2D eigenvalue weighted by Crippen LogP contribution is -2.48. The zero-order valence-corrected chi connectivity index (χ0v) is 14.4. The van der Waals surface area contributed by atoms with E-state index in [1.165, 1.54) is 0 Å². The van der Waals surface area contributed by atoms with E-state index < -0.39 is 0 Å². The van der Waals surface area contributed by atoms with Crippen molar-refractivity contribution < 1.29 is 4.79 Å². The van der Waals surface area contributed by atoms with Crippen LogP contribution in [0.4, 0.5) is 0 Å². The number of rotatable bonds is 4. The molecule has 1 saturated heterocycles. The molecule has 24 heavy (non-hydrogen) atoms. The number of carbonyl (C=O) groups is 1. The van der Waals surface area contributed by atoms with E-state index in [0.29, 0.717) is 6.54 Å². The molecule has 0 bridgehead atoms. The maximum absolute atomic E-state index is 12.5. The molecule has 1 amide bonds. The van der Waals surface area contributed by atoms with Crippen molar-refractivity contribution in [1.29, 1.82) is 0 Å². The summed E-state index contributed by atoms with van der Waals surface area (Å²) in [7, 11) is 0. The predicted octanol–water partition coefficient (Wildman–Crippen LogP) is 1.92. The summed E-state index contributed by atoms with van der Waals surface area (Å²) >= 11 is 0. The van der Waals surface area contributed by atoms with Crippen LogP contribution in [0.3, 0.4) is 0 Å². The van der Waals surface area contributed by atoms with Crippen LogP contribution in [0, 0.1) is 0 Å². The van der Waals surface area contributed by atoms with E-state index >= 15 is 0 Å². The second-order valence-corrected chi connectivity index (χ2v) is 5.79. The summed E-state index contributed by atoms with van der Waals surface area (Å²) in [4.78, 5) is 21.1. The van der Waals surface area contributed by atoms with E-state index in [4.69, 9.17) is 5.73 Å². The molecule has 2 N–H and O–H groups in total. The third-order valence-electron chi connectivity index (χ3n) is 4.21. The maximum Gasteiger partial charge on any atom is 0.253 e. The number of nitrogens with two attached hydrogens (primary N) is 1. The predicted molar refractivity (Wildman–Crippen MR) is 97.0 cm³/mol. The number of aromatic nitrogens is 1. The summed E-state index contributed by atoms with van der Waals surface area (Å²) in [5, 5.41) is 0. The largest absolute Gasteiger partial charge is 0.336 e. The molecule has 5 nitrogen and oxygen atoms in total. The second kappa shape index (κ2) is 8.78. The van der Waals surface area contributed by atoms with Gasteiger partial charge in [0.2, 0.25) is 0 Å². The third kappa shape index (κ3) is 4.54. The first-order valence-corrected chi connectivity index (χ1v) is 7.97. The first kappa shape index (κ1) is 18.4. The first-order chi connectivity index (χ1) is 11.3. The summed E-state index contributed by atoms with van der Waals surface area (Å²) in [6.45, 7) is 4.61. The SMILES string of the molecule is Cl.NCc1ccc(C(=O)N2CCN(Cc3ccccn3)CC2)cc1. The van der Waals surface area contributed by atoms with Crippen LogP contribution >= 0.6 is 12.4 Å². The highest BCUT2D eigenvalue weighted by atomic mass is 35.5. The molecule has 2 aromatic rings. The van der Waals surface area contributed by atoms with E-state index in [1.807, 2.05) is 53.6 Å². The number of nitrogens with zero attached hydrogens (tertiary/aromatic N) is 3. The quantitative estimate of drug-likeness (QED) is 0.918. The van der Waals surface area contributed by atoms with Gasteiger partial charge in [-0.25, -0.2) is 0 Å². The molecule has 1 aliphatic rings. The minimum absolute atomic E-state index is 0. The van der Waals surface area contributed by atoms with E-state index in [1.54, 1.807) is 0 Å². The van der Waals surface area contributed by atoms with Crippen LogP contribution in [0.5, 0.6) is 0 Å². The molecule has 0 aliphatic carbocycles. The summed E-state index contributed by atoms with van der Waals surface area (Å²) < 4.78 is 0. The van der Waals surface area contributed by atoms with E-state index in [2.05, 4.69) is 9.88 Å². The van der Waals surface area contributed by atoms with Crippen molar-refractivity contribution in [1.82, 2.24) is 14.8 Å². The van der Waals surface area contributed by atoms with Crippen LogP contribution < -0.4 is 5.73 Å². The maximum atomic E-state index is 12.5. The molecule has 0 unspecified atom stereocenters. The monoisotopic (exact) mass is 346 g/mol. The van der Waals surface area contributed by atoms with Crippen LogP contribution in [-0.2, 0) is 13.1 Å². The van der Waals surface area contributed by atoms with Gasteiger partial charge >= 0.3 is 0 Å². The van der Waals surface area contributed by atoms with Crippen molar-refractivity contribution in [2.24, 2.45) is 5.73 Å². The van der Waals surface area contributed by atoms with Crippen LogP contribution in [0.15, 0.2) is 48.7 Å². The van der Waals surface area contributed by atoms with Gasteiger partial charge in [-0.15, -0.1) is 12.4 Å². The van der Waals surface area contributed by atoms with E-state index in [9.17, 15) is 4.79 Å². The number of hydrogen-bond acceptors (Lipinski definition) is 4. The lowest BCUT2D eigenvalue weighted by Gasteiger charge is -2.34. The van der Waals surface area contributed by atoms with E-state index in [0.717, 1.165) is 49.5 Å². The molecule has 0 radical (unpaired) electrons. The fraction of sp³-hybridized carbons (Fsp3) is 0.333. The lowest BCUT2D eigenvalue weighted by molar-refractivity contribution is 0.0627. The van der Waals surface area contributed by atoms with Crippen LogP contribution in [-0.4, -0.2) is 46.9 Å². The van der Waals surface area contributed by atoms with Gasteiger partial charge in [0.1, 0.15) is 0 Å². The number of amides is 1. The average Bonchev–Trinajstić information content (AvgIpc) is 2.63. The van der Waals surface area contributed by atoms with Crippen molar-refractivity contribution in [2.45, 2.75) is 13.1 Å². The fourth-order valence-corrected chi connectivity index (χ4v) is 2.80. The van der Waals surface area contributed by atoms with Crippen molar-refractivity contribution in [3.63, 3.8) is 0 Å². The normalized spacial score (nSPS) is 15.0. The molecule has 2 heterocycles. The molecule has 6 heteroatoms. The Bertz CT molecular complexity index is 640. The van der Waals surface area contributed by atoms with Gasteiger partial charge < -0.3 is 10.6 Å². The topological polar surface area (TPSA) is 62.5 Å². The van der Waals surface area contributed by atoms with Gasteiger partial charge in [-0.05, 0) is 29.8 Å². The number of carbonyl (C=O) groups excluding carboxylic acids is 1. The molecule has 0 atom stereocenters. The van der Waals surface area contributed by atoms with Gasteiger partial charge in [0.25, 0.3) is 5.91 Å². The zero-order valence-electron chi connectivity index (χ0n) is 13.6.